The van der Waals surface area contributed by atoms with Gasteiger partial charge in [0.05, 0.1) is 28.0 Å². The molecule has 0 spiro atoms. The highest BCUT2D eigenvalue weighted by Gasteiger charge is 2.50. The van der Waals surface area contributed by atoms with Crippen LogP contribution in [0.1, 0.15) is 45.7 Å². The zero-order valence-corrected chi connectivity index (χ0v) is 18.9. The summed E-state index contributed by atoms with van der Waals surface area (Å²) in [6.07, 6.45) is 2.62. The molecule has 31 heavy (non-hydrogen) atoms. The molecule has 0 saturated carbocycles. The van der Waals surface area contributed by atoms with Crippen LogP contribution in [-0.2, 0) is 4.74 Å². The second kappa shape index (κ2) is 7.37. The van der Waals surface area contributed by atoms with E-state index in [9.17, 15) is 4.79 Å². The number of ether oxygens (including phenoxy) is 1. The Bertz CT molecular complexity index is 1120. The number of H-pyrrole nitrogens is 1. The molecule has 0 radical (unpaired) electrons. The summed E-state index contributed by atoms with van der Waals surface area (Å²) in [5.74, 6) is 2.08. The van der Waals surface area contributed by atoms with E-state index < -0.39 is 5.60 Å². The number of aromatic nitrogens is 4. The van der Waals surface area contributed by atoms with E-state index in [1.54, 1.807) is 11.3 Å². The lowest BCUT2D eigenvalue weighted by Gasteiger charge is -2.28. The quantitative estimate of drug-likeness (QED) is 0.550. The summed E-state index contributed by atoms with van der Waals surface area (Å²) < 4.78 is 6.63. The van der Waals surface area contributed by atoms with Crippen molar-refractivity contribution in [2.75, 3.05) is 10.6 Å². The highest BCUT2D eigenvalue weighted by molar-refractivity contribution is 7.17. The number of nitrogens with one attached hydrogen (secondary N) is 3. The maximum atomic E-state index is 12.7. The van der Waals surface area contributed by atoms with Crippen molar-refractivity contribution in [3.63, 3.8) is 0 Å². The predicted molar refractivity (Wildman–Crippen MR) is 121 cm³/mol. The number of carbonyl (C=O) groups excluding carboxylic acids is 1. The summed E-state index contributed by atoms with van der Waals surface area (Å²) in [6.45, 7) is 7.63. The summed E-state index contributed by atoms with van der Waals surface area (Å²) in [4.78, 5) is 24.1. The molecule has 1 amide bonds. The smallest absolute Gasteiger partial charge is 0.410 e. The van der Waals surface area contributed by atoms with Crippen molar-refractivity contribution in [2.24, 2.45) is 0 Å². The number of carbonyl (C=O) groups is 1. The molecule has 2 fully saturated rings. The first-order valence-corrected chi connectivity index (χ1v) is 11.5. The predicted octanol–water partition coefficient (Wildman–Crippen LogP) is 4.42. The minimum absolute atomic E-state index is 0.0910. The fourth-order valence-corrected chi connectivity index (χ4v) is 5.31. The molecule has 2 bridgehead atoms. The number of anilines is 3. The Morgan fingerprint density at radius 1 is 1.32 bits per heavy atom. The number of nitrogens with zero attached hydrogens (tertiary/aromatic N) is 4. The lowest BCUT2D eigenvalue weighted by atomic mass is 9.96. The number of hydrogen-bond donors (Lipinski definition) is 3. The molecule has 5 heterocycles. The third-order valence-electron chi connectivity index (χ3n) is 5.72. The molecule has 164 valence electrons. The van der Waals surface area contributed by atoms with Crippen LogP contribution in [0, 0.1) is 6.92 Å². The largest absolute Gasteiger partial charge is 0.444 e. The van der Waals surface area contributed by atoms with Crippen LogP contribution in [0.15, 0.2) is 17.5 Å². The van der Waals surface area contributed by atoms with Crippen LogP contribution in [0.5, 0.6) is 0 Å². The SMILES string of the molecule is Cc1cc(Nc2nc(N[C@H]3C[C@@H]4CC[C@H]3N4C(=O)OC(C)(C)C)nc3ccsc23)[nH]n1. The molecule has 2 aliphatic rings. The highest BCUT2D eigenvalue weighted by atomic mass is 32.1. The first-order valence-electron chi connectivity index (χ1n) is 10.6. The average Bonchev–Trinajstić information content (AvgIpc) is 3.44. The number of aromatic amines is 1. The van der Waals surface area contributed by atoms with Gasteiger partial charge in [0.2, 0.25) is 5.95 Å². The van der Waals surface area contributed by atoms with E-state index in [4.69, 9.17) is 14.7 Å². The first kappa shape index (κ1) is 20.0. The van der Waals surface area contributed by atoms with E-state index in [0.29, 0.717) is 5.95 Å². The highest BCUT2D eigenvalue weighted by Crippen LogP contribution is 2.40. The molecular formula is C21H27N7O2S. The molecule has 10 heteroatoms. The minimum Gasteiger partial charge on any atom is -0.444 e. The number of rotatable bonds is 4. The van der Waals surface area contributed by atoms with Gasteiger partial charge in [-0.25, -0.2) is 9.78 Å². The van der Waals surface area contributed by atoms with Gasteiger partial charge in [0.15, 0.2) is 5.82 Å². The number of aryl methyl sites for hydroxylation is 1. The Hall–Kier alpha value is -2.88. The van der Waals surface area contributed by atoms with Crippen LogP contribution in [0.3, 0.4) is 0 Å². The third kappa shape index (κ3) is 3.91. The summed E-state index contributed by atoms with van der Waals surface area (Å²) in [7, 11) is 0. The Kier molecular flexibility index (Phi) is 4.76. The second-order valence-electron chi connectivity index (χ2n) is 9.25. The number of thiophene rings is 1. The Balaban J connectivity index is 1.37. The van der Waals surface area contributed by atoms with Gasteiger partial charge in [-0.05, 0) is 58.4 Å². The van der Waals surface area contributed by atoms with E-state index in [-0.39, 0.29) is 24.2 Å². The van der Waals surface area contributed by atoms with Gasteiger partial charge >= 0.3 is 6.09 Å². The van der Waals surface area contributed by atoms with Crippen LogP contribution in [0.25, 0.3) is 10.2 Å². The van der Waals surface area contributed by atoms with Crippen LogP contribution in [0.4, 0.5) is 22.4 Å². The summed E-state index contributed by atoms with van der Waals surface area (Å²) in [5, 5.41) is 16.0. The molecule has 3 N–H and O–H groups in total. The summed E-state index contributed by atoms with van der Waals surface area (Å²) in [5.41, 5.74) is 1.29. The van der Waals surface area contributed by atoms with Gasteiger partial charge < -0.3 is 20.3 Å². The number of amides is 1. The molecule has 9 nitrogen and oxygen atoms in total. The first-order chi connectivity index (χ1) is 14.8. The van der Waals surface area contributed by atoms with Gasteiger partial charge in [-0.2, -0.15) is 10.1 Å². The van der Waals surface area contributed by atoms with Gasteiger partial charge in [0, 0.05) is 12.1 Å². The van der Waals surface area contributed by atoms with E-state index in [2.05, 4.69) is 20.8 Å². The van der Waals surface area contributed by atoms with Gasteiger partial charge in [-0.3, -0.25) is 5.10 Å². The Morgan fingerprint density at radius 3 is 2.90 bits per heavy atom. The van der Waals surface area contributed by atoms with Crippen LogP contribution < -0.4 is 10.6 Å². The topological polar surface area (TPSA) is 108 Å². The zero-order valence-electron chi connectivity index (χ0n) is 18.1. The second-order valence-corrected chi connectivity index (χ2v) is 10.2. The molecule has 0 unspecified atom stereocenters. The zero-order chi connectivity index (χ0) is 21.8. The van der Waals surface area contributed by atoms with E-state index >= 15 is 0 Å². The molecule has 3 atom stereocenters. The van der Waals surface area contributed by atoms with Crippen LogP contribution in [0.2, 0.25) is 0 Å². The molecule has 0 aliphatic carbocycles. The maximum Gasteiger partial charge on any atom is 0.410 e. The van der Waals surface area contributed by atoms with Crippen molar-refractivity contribution in [3.05, 3.63) is 23.2 Å². The maximum absolute atomic E-state index is 12.7. The summed E-state index contributed by atoms with van der Waals surface area (Å²) in [6, 6.07) is 4.32. The normalized spacial score (nSPS) is 22.8. The van der Waals surface area contributed by atoms with Gasteiger partial charge in [-0.1, -0.05) is 0 Å². The Morgan fingerprint density at radius 2 is 2.16 bits per heavy atom. The standard InChI is InChI=1S/C21H27N7O2S/c1-11-9-16(27-26-11)24-18-17-13(7-8-31-17)22-19(25-18)23-14-10-12-5-6-15(14)28(12)20(29)30-21(2,3)4/h7-9,12,14-15H,5-6,10H2,1-4H3,(H3,22,23,24,25,26,27)/t12-,14-,15+/m0/s1. The molecule has 0 aromatic carbocycles. The monoisotopic (exact) mass is 441 g/mol. The molecule has 3 aromatic heterocycles. The van der Waals surface area contributed by atoms with Crippen LogP contribution in [-0.4, -0.2) is 54.9 Å². The van der Waals surface area contributed by atoms with Crippen molar-refractivity contribution in [1.29, 1.82) is 0 Å². The van der Waals surface area contributed by atoms with Crippen molar-refractivity contribution < 1.29 is 9.53 Å². The summed E-state index contributed by atoms with van der Waals surface area (Å²) >= 11 is 1.59. The number of hydrogen-bond acceptors (Lipinski definition) is 8. The van der Waals surface area contributed by atoms with E-state index in [1.807, 2.05) is 50.1 Å². The van der Waals surface area contributed by atoms with Gasteiger partial charge in [-0.15, -0.1) is 11.3 Å². The average molecular weight is 442 g/mol. The fraction of sp³-hybridized carbons (Fsp3) is 0.524. The van der Waals surface area contributed by atoms with Crippen LogP contribution >= 0.6 is 11.3 Å². The lowest BCUT2D eigenvalue weighted by Crippen LogP contribution is -2.42. The molecule has 2 aliphatic heterocycles. The van der Waals surface area contributed by atoms with E-state index in [1.165, 1.54) is 0 Å². The van der Waals surface area contributed by atoms with Crippen molar-refractivity contribution >= 4 is 45.2 Å². The minimum atomic E-state index is -0.499. The van der Waals surface area contributed by atoms with Crippen molar-refractivity contribution in [1.82, 2.24) is 25.1 Å². The van der Waals surface area contributed by atoms with Gasteiger partial charge in [0.25, 0.3) is 0 Å². The number of fused-ring (bicyclic) bond motifs is 3. The lowest BCUT2D eigenvalue weighted by molar-refractivity contribution is 0.0214. The van der Waals surface area contributed by atoms with Crippen molar-refractivity contribution in [3.8, 4) is 0 Å². The van der Waals surface area contributed by atoms with Gasteiger partial charge in [0.1, 0.15) is 11.4 Å². The Labute approximate surface area is 184 Å². The van der Waals surface area contributed by atoms with Crippen molar-refractivity contribution in [2.45, 2.75) is 70.7 Å². The molecule has 3 aromatic rings. The fourth-order valence-electron chi connectivity index (χ4n) is 4.54. The van der Waals surface area contributed by atoms with E-state index in [0.717, 1.165) is 46.8 Å². The molecule has 5 rings (SSSR count). The molecule has 2 saturated heterocycles. The third-order valence-corrected chi connectivity index (χ3v) is 6.63. The molecular weight excluding hydrogens is 414 g/mol.